The molecule has 0 aliphatic carbocycles. The highest BCUT2D eigenvalue weighted by atomic mass is 19.4. The molecule has 0 atom stereocenters. The topological polar surface area (TPSA) is 32.3 Å². The highest BCUT2D eigenvalue weighted by Gasteiger charge is 2.38. The van der Waals surface area contributed by atoms with Crippen LogP contribution in [0.3, 0.4) is 0 Å². The predicted octanol–water partition coefficient (Wildman–Crippen LogP) is 1.93. The van der Waals surface area contributed by atoms with Gasteiger partial charge in [0.25, 0.3) is 0 Å². The van der Waals surface area contributed by atoms with E-state index >= 15 is 0 Å². The van der Waals surface area contributed by atoms with E-state index < -0.39 is 12.1 Å². The van der Waals surface area contributed by atoms with E-state index in [2.05, 4.69) is 0 Å². The Bertz CT molecular complexity index is 385. The van der Waals surface area contributed by atoms with Gasteiger partial charge in [0.15, 0.2) is 0 Å². The zero-order valence-corrected chi connectivity index (χ0v) is 9.51. The highest BCUT2D eigenvalue weighted by Crippen LogP contribution is 2.15. The number of nitrogens with one attached hydrogen (secondary N) is 1. The van der Waals surface area contributed by atoms with Crippen LogP contribution in [0.4, 0.5) is 18.9 Å². The lowest BCUT2D eigenvalue weighted by Gasteiger charge is -2.13. The quantitative estimate of drug-likeness (QED) is 0.883. The van der Waals surface area contributed by atoms with Crippen LogP contribution in [-0.4, -0.2) is 26.2 Å². The van der Waals surface area contributed by atoms with Gasteiger partial charge in [0, 0.05) is 26.3 Å². The number of hydrogen-bond acceptors (Lipinski definition) is 2. The number of halogens is 3. The van der Waals surface area contributed by atoms with Gasteiger partial charge in [-0.25, -0.2) is 0 Å². The van der Waals surface area contributed by atoms with E-state index in [1.165, 1.54) is 0 Å². The van der Waals surface area contributed by atoms with Gasteiger partial charge in [0.1, 0.15) is 0 Å². The van der Waals surface area contributed by atoms with Gasteiger partial charge in [-0.1, -0.05) is 12.1 Å². The summed E-state index contributed by atoms with van der Waals surface area (Å²) in [6, 6.07) is 6.89. The van der Waals surface area contributed by atoms with Gasteiger partial charge in [-0.05, 0) is 17.7 Å². The molecule has 0 saturated carbocycles. The lowest BCUT2D eigenvalue weighted by atomic mass is 10.2. The van der Waals surface area contributed by atoms with Gasteiger partial charge in [0.05, 0.1) is 0 Å². The molecule has 94 valence electrons. The number of hydrogen-bond donors (Lipinski definition) is 1. The van der Waals surface area contributed by atoms with Gasteiger partial charge < -0.3 is 10.2 Å². The number of amides is 1. The van der Waals surface area contributed by atoms with Crippen LogP contribution in [0.15, 0.2) is 24.3 Å². The lowest BCUT2D eigenvalue weighted by molar-refractivity contribution is -0.173. The van der Waals surface area contributed by atoms with Crippen LogP contribution >= 0.6 is 0 Å². The van der Waals surface area contributed by atoms with Crippen molar-refractivity contribution >= 4 is 11.6 Å². The Hall–Kier alpha value is -1.72. The van der Waals surface area contributed by atoms with E-state index in [-0.39, 0.29) is 6.54 Å². The molecule has 0 spiro atoms. The van der Waals surface area contributed by atoms with Crippen molar-refractivity contribution in [3.8, 4) is 0 Å². The zero-order valence-electron chi connectivity index (χ0n) is 9.51. The van der Waals surface area contributed by atoms with Crippen molar-refractivity contribution in [3.05, 3.63) is 29.8 Å². The standard InChI is InChI=1S/C11H13F3N2O/c1-16(2)9-5-3-8(4-6-9)7-15-10(17)11(12,13)14/h3-6H,7H2,1-2H3,(H,15,17). The van der Waals surface area contributed by atoms with Crippen molar-refractivity contribution < 1.29 is 18.0 Å². The molecule has 0 aliphatic rings. The van der Waals surface area contributed by atoms with Crippen molar-refractivity contribution in [1.29, 1.82) is 0 Å². The van der Waals surface area contributed by atoms with Crippen molar-refractivity contribution in [1.82, 2.24) is 5.32 Å². The molecule has 0 bridgehead atoms. The Morgan fingerprint density at radius 1 is 1.24 bits per heavy atom. The van der Waals surface area contributed by atoms with Gasteiger partial charge >= 0.3 is 12.1 Å². The van der Waals surface area contributed by atoms with Crippen LogP contribution in [0.1, 0.15) is 5.56 Å². The van der Waals surface area contributed by atoms with E-state index in [1.54, 1.807) is 24.3 Å². The first-order valence-electron chi connectivity index (χ1n) is 4.92. The number of carbonyl (C=O) groups excluding carboxylic acids is 1. The molecule has 0 aromatic heterocycles. The Morgan fingerprint density at radius 2 is 1.76 bits per heavy atom. The van der Waals surface area contributed by atoms with Crippen LogP contribution in [0.2, 0.25) is 0 Å². The number of alkyl halides is 3. The summed E-state index contributed by atoms with van der Waals surface area (Å²) in [5.41, 5.74) is 1.56. The monoisotopic (exact) mass is 246 g/mol. The summed E-state index contributed by atoms with van der Waals surface area (Å²) < 4.78 is 35.7. The van der Waals surface area contributed by atoms with Crippen LogP contribution in [0, 0.1) is 0 Å². The van der Waals surface area contributed by atoms with E-state index in [4.69, 9.17) is 0 Å². The second-order valence-corrected chi connectivity index (χ2v) is 3.74. The molecule has 0 aliphatic heterocycles. The number of benzene rings is 1. The summed E-state index contributed by atoms with van der Waals surface area (Å²) in [7, 11) is 3.72. The largest absolute Gasteiger partial charge is 0.471 e. The molecule has 1 amide bonds. The highest BCUT2D eigenvalue weighted by molar-refractivity contribution is 5.81. The third-order valence-corrected chi connectivity index (χ3v) is 2.16. The first kappa shape index (κ1) is 13.3. The van der Waals surface area contributed by atoms with Crippen molar-refractivity contribution in [2.45, 2.75) is 12.7 Å². The van der Waals surface area contributed by atoms with Crippen LogP contribution in [-0.2, 0) is 11.3 Å². The summed E-state index contributed by atoms with van der Waals surface area (Å²) in [5.74, 6) is -1.92. The molecular formula is C11H13F3N2O. The van der Waals surface area contributed by atoms with Crippen LogP contribution in [0.5, 0.6) is 0 Å². The SMILES string of the molecule is CN(C)c1ccc(CNC(=O)C(F)(F)F)cc1. The first-order valence-corrected chi connectivity index (χ1v) is 4.92. The zero-order chi connectivity index (χ0) is 13.1. The Labute approximate surface area is 97.2 Å². The summed E-state index contributed by atoms with van der Waals surface area (Å²) >= 11 is 0. The maximum absolute atomic E-state index is 11.9. The third-order valence-electron chi connectivity index (χ3n) is 2.16. The van der Waals surface area contributed by atoms with Gasteiger partial charge in [-0.2, -0.15) is 13.2 Å². The fourth-order valence-corrected chi connectivity index (χ4v) is 1.19. The van der Waals surface area contributed by atoms with Crippen LogP contribution in [0.25, 0.3) is 0 Å². The maximum atomic E-state index is 11.9. The minimum atomic E-state index is -4.83. The molecule has 0 unspecified atom stereocenters. The van der Waals surface area contributed by atoms with Gasteiger partial charge in [-0.15, -0.1) is 0 Å². The number of nitrogens with zero attached hydrogens (tertiary/aromatic N) is 1. The van der Waals surface area contributed by atoms with Crippen molar-refractivity contribution in [3.63, 3.8) is 0 Å². The molecule has 0 saturated heterocycles. The van der Waals surface area contributed by atoms with E-state index in [1.807, 2.05) is 24.3 Å². The Kier molecular flexibility index (Phi) is 3.98. The molecule has 3 nitrogen and oxygen atoms in total. The molecule has 1 N–H and O–H groups in total. The molecule has 0 heterocycles. The Balaban J connectivity index is 2.56. The molecule has 1 aromatic rings. The molecular weight excluding hydrogens is 233 g/mol. The average molecular weight is 246 g/mol. The number of anilines is 1. The minimum Gasteiger partial charge on any atom is -0.378 e. The van der Waals surface area contributed by atoms with Gasteiger partial charge in [0.2, 0.25) is 0 Å². The van der Waals surface area contributed by atoms with Crippen molar-refractivity contribution in [2.24, 2.45) is 0 Å². The van der Waals surface area contributed by atoms with Crippen LogP contribution < -0.4 is 10.2 Å². The first-order chi connectivity index (χ1) is 7.80. The maximum Gasteiger partial charge on any atom is 0.471 e. The lowest BCUT2D eigenvalue weighted by Crippen LogP contribution is -2.36. The molecule has 0 fully saturated rings. The van der Waals surface area contributed by atoms with E-state index in [0.29, 0.717) is 5.56 Å². The fourth-order valence-electron chi connectivity index (χ4n) is 1.19. The van der Waals surface area contributed by atoms with E-state index in [0.717, 1.165) is 5.69 Å². The number of rotatable bonds is 3. The number of carbonyl (C=O) groups is 1. The van der Waals surface area contributed by atoms with Gasteiger partial charge in [-0.3, -0.25) is 4.79 Å². The summed E-state index contributed by atoms with van der Waals surface area (Å²) in [6.45, 7) is -0.133. The normalized spacial score (nSPS) is 11.1. The predicted molar refractivity (Wildman–Crippen MR) is 58.7 cm³/mol. The van der Waals surface area contributed by atoms with Crippen molar-refractivity contribution in [2.75, 3.05) is 19.0 Å². The average Bonchev–Trinajstić information content (AvgIpc) is 2.25. The molecule has 0 radical (unpaired) electrons. The molecule has 1 aromatic carbocycles. The Morgan fingerprint density at radius 3 is 2.18 bits per heavy atom. The third kappa shape index (κ3) is 3.97. The summed E-state index contributed by atoms with van der Waals surface area (Å²) in [4.78, 5) is 12.4. The minimum absolute atomic E-state index is 0.133. The smallest absolute Gasteiger partial charge is 0.378 e. The summed E-state index contributed by atoms with van der Waals surface area (Å²) in [5, 5.41) is 1.81. The molecule has 6 heteroatoms. The molecule has 1 rings (SSSR count). The summed E-state index contributed by atoms with van der Waals surface area (Å²) in [6.07, 6.45) is -4.83. The van der Waals surface area contributed by atoms with E-state index in [9.17, 15) is 18.0 Å². The second-order valence-electron chi connectivity index (χ2n) is 3.74. The second kappa shape index (κ2) is 5.07. The molecule has 17 heavy (non-hydrogen) atoms. The fraction of sp³-hybridized carbons (Fsp3) is 0.364.